The topological polar surface area (TPSA) is 32.3 Å². The van der Waals surface area contributed by atoms with E-state index in [0.717, 1.165) is 25.9 Å². The SMILES string of the molecule is O=C(CCN1CCCc2ccccc21)NCCc1ccccc1F. The van der Waals surface area contributed by atoms with E-state index in [1.54, 1.807) is 12.1 Å². The summed E-state index contributed by atoms with van der Waals surface area (Å²) in [5.41, 5.74) is 3.26. The molecular weight excluding hydrogens is 303 g/mol. The minimum atomic E-state index is -0.211. The molecule has 2 aromatic carbocycles. The van der Waals surface area contributed by atoms with Crippen molar-refractivity contribution in [2.75, 3.05) is 24.5 Å². The molecule has 0 atom stereocenters. The van der Waals surface area contributed by atoms with E-state index < -0.39 is 0 Å². The lowest BCUT2D eigenvalue weighted by molar-refractivity contribution is -0.120. The molecule has 1 amide bonds. The van der Waals surface area contributed by atoms with Crippen molar-refractivity contribution in [1.82, 2.24) is 5.32 Å². The minimum Gasteiger partial charge on any atom is -0.371 e. The highest BCUT2D eigenvalue weighted by Gasteiger charge is 2.16. The van der Waals surface area contributed by atoms with E-state index in [2.05, 4.69) is 28.4 Å². The number of halogens is 1. The fraction of sp³-hybridized carbons (Fsp3) is 0.350. The van der Waals surface area contributed by atoms with Crippen LogP contribution in [0.4, 0.5) is 10.1 Å². The molecule has 0 fully saturated rings. The number of fused-ring (bicyclic) bond motifs is 1. The van der Waals surface area contributed by atoms with Gasteiger partial charge in [0.05, 0.1) is 0 Å². The monoisotopic (exact) mass is 326 g/mol. The Bertz CT molecular complexity index is 702. The minimum absolute atomic E-state index is 0.0226. The second kappa shape index (κ2) is 7.95. The van der Waals surface area contributed by atoms with E-state index in [9.17, 15) is 9.18 Å². The number of nitrogens with one attached hydrogen (secondary N) is 1. The molecule has 0 unspecified atom stereocenters. The third-order valence-corrected chi connectivity index (χ3v) is 4.49. The molecule has 0 aromatic heterocycles. The lowest BCUT2D eigenvalue weighted by Gasteiger charge is -2.31. The smallest absolute Gasteiger partial charge is 0.221 e. The van der Waals surface area contributed by atoms with Crippen molar-refractivity contribution in [2.24, 2.45) is 0 Å². The summed E-state index contributed by atoms with van der Waals surface area (Å²) in [7, 11) is 0. The number of rotatable bonds is 6. The number of amides is 1. The van der Waals surface area contributed by atoms with Crippen molar-refractivity contribution in [3.63, 3.8) is 0 Å². The Hall–Kier alpha value is -2.36. The highest BCUT2D eigenvalue weighted by atomic mass is 19.1. The van der Waals surface area contributed by atoms with Crippen molar-refractivity contribution >= 4 is 11.6 Å². The van der Waals surface area contributed by atoms with Crippen molar-refractivity contribution in [1.29, 1.82) is 0 Å². The summed E-state index contributed by atoms with van der Waals surface area (Å²) in [6, 6.07) is 15.1. The molecular formula is C20H23FN2O. The summed E-state index contributed by atoms with van der Waals surface area (Å²) in [6.07, 6.45) is 3.23. The van der Waals surface area contributed by atoms with E-state index in [1.807, 2.05) is 12.1 Å². The lowest BCUT2D eigenvalue weighted by atomic mass is 10.0. The molecule has 0 saturated carbocycles. The third kappa shape index (κ3) is 4.13. The van der Waals surface area contributed by atoms with Crippen molar-refractivity contribution in [3.05, 3.63) is 65.5 Å². The van der Waals surface area contributed by atoms with Crippen molar-refractivity contribution in [2.45, 2.75) is 25.7 Å². The molecule has 1 N–H and O–H groups in total. The fourth-order valence-electron chi connectivity index (χ4n) is 3.21. The maximum absolute atomic E-state index is 13.5. The van der Waals surface area contributed by atoms with E-state index in [1.165, 1.54) is 17.3 Å². The molecule has 1 heterocycles. The first-order valence-electron chi connectivity index (χ1n) is 8.57. The largest absolute Gasteiger partial charge is 0.371 e. The number of carbonyl (C=O) groups is 1. The van der Waals surface area contributed by atoms with Gasteiger partial charge in [-0.1, -0.05) is 36.4 Å². The van der Waals surface area contributed by atoms with E-state index in [-0.39, 0.29) is 11.7 Å². The predicted octanol–water partition coefficient (Wildman–Crippen LogP) is 3.33. The maximum Gasteiger partial charge on any atom is 0.221 e. The number of para-hydroxylation sites is 1. The standard InChI is InChI=1S/C20H23FN2O/c21-18-9-3-1-6-16(18)11-13-22-20(24)12-15-23-14-5-8-17-7-2-4-10-19(17)23/h1-4,6-7,9-10H,5,8,11-15H2,(H,22,24). The van der Waals surface area contributed by atoms with Gasteiger partial charge in [0.25, 0.3) is 0 Å². The highest BCUT2D eigenvalue weighted by molar-refractivity contribution is 5.76. The molecule has 1 aliphatic heterocycles. The summed E-state index contributed by atoms with van der Waals surface area (Å²) in [5.74, 6) is -0.189. The van der Waals surface area contributed by atoms with E-state index in [0.29, 0.717) is 24.9 Å². The van der Waals surface area contributed by atoms with Crippen molar-refractivity contribution < 1.29 is 9.18 Å². The Balaban J connectivity index is 1.44. The summed E-state index contributed by atoms with van der Waals surface area (Å²) in [5, 5.41) is 2.89. The number of anilines is 1. The van der Waals surface area contributed by atoms with Gasteiger partial charge in [-0.2, -0.15) is 0 Å². The number of benzene rings is 2. The zero-order valence-corrected chi connectivity index (χ0v) is 13.8. The molecule has 2 aromatic rings. The summed E-state index contributed by atoms with van der Waals surface area (Å²) in [4.78, 5) is 14.3. The molecule has 126 valence electrons. The van der Waals surface area contributed by atoms with Gasteiger partial charge in [-0.05, 0) is 42.5 Å². The average Bonchev–Trinajstić information content (AvgIpc) is 2.61. The van der Waals surface area contributed by atoms with Crippen LogP contribution in [0.1, 0.15) is 24.0 Å². The molecule has 3 nitrogen and oxygen atoms in total. The quantitative estimate of drug-likeness (QED) is 0.883. The van der Waals surface area contributed by atoms with E-state index in [4.69, 9.17) is 0 Å². The molecule has 24 heavy (non-hydrogen) atoms. The van der Waals surface area contributed by atoms with Crippen LogP contribution in [-0.4, -0.2) is 25.5 Å². The van der Waals surface area contributed by atoms with Gasteiger partial charge in [0, 0.05) is 31.7 Å². The van der Waals surface area contributed by atoms with Gasteiger partial charge in [0.2, 0.25) is 5.91 Å². The van der Waals surface area contributed by atoms with Gasteiger partial charge < -0.3 is 10.2 Å². The second-order valence-electron chi connectivity index (χ2n) is 6.16. The van der Waals surface area contributed by atoms with Gasteiger partial charge >= 0.3 is 0 Å². The molecule has 0 aliphatic carbocycles. The van der Waals surface area contributed by atoms with Crippen LogP contribution in [0.15, 0.2) is 48.5 Å². The normalized spacial score (nSPS) is 13.5. The molecule has 0 saturated heterocycles. The number of aryl methyl sites for hydroxylation is 1. The van der Waals surface area contributed by atoms with Crippen LogP contribution in [0.25, 0.3) is 0 Å². The lowest BCUT2D eigenvalue weighted by Crippen LogP contribution is -2.34. The van der Waals surface area contributed by atoms with Gasteiger partial charge in [-0.15, -0.1) is 0 Å². The summed E-state index contributed by atoms with van der Waals surface area (Å²) < 4.78 is 13.5. The molecule has 3 rings (SSSR count). The Morgan fingerprint density at radius 2 is 1.92 bits per heavy atom. The number of carbonyl (C=O) groups excluding carboxylic acids is 1. The summed E-state index contributed by atoms with van der Waals surface area (Å²) in [6.45, 7) is 2.19. The molecule has 4 heteroatoms. The Morgan fingerprint density at radius 1 is 1.12 bits per heavy atom. The van der Waals surface area contributed by atoms with Crippen LogP contribution in [0.3, 0.4) is 0 Å². The zero-order valence-electron chi connectivity index (χ0n) is 13.8. The first kappa shape index (κ1) is 16.5. The predicted molar refractivity (Wildman–Crippen MR) is 94.7 cm³/mol. The zero-order chi connectivity index (χ0) is 16.8. The van der Waals surface area contributed by atoms with Gasteiger partial charge in [0.1, 0.15) is 5.82 Å². The number of nitrogens with zero attached hydrogens (tertiary/aromatic N) is 1. The molecule has 0 bridgehead atoms. The Morgan fingerprint density at radius 3 is 2.79 bits per heavy atom. The first-order valence-corrected chi connectivity index (χ1v) is 8.57. The third-order valence-electron chi connectivity index (χ3n) is 4.49. The fourth-order valence-corrected chi connectivity index (χ4v) is 3.21. The summed E-state index contributed by atoms with van der Waals surface area (Å²) >= 11 is 0. The average molecular weight is 326 g/mol. The Labute approximate surface area is 142 Å². The van der Waals surface area contributed by atoms with Gasteiger partial charge in [-0.25, -0.2) is 4.39 Å². The Kier molecular flexibility index (Phi) is 5.47. The molecule has 0 radical (unpaired) electrons. The van der Waals surface area contributed by atoms with Gasteiger partial charge in [0.15, 0.2) is 0 Å². The van der Waals surface area contributed by atoms with Crippen molar-refractivity contribution in [3.8, 4) is 0 Å². The second-order valence-corrected chi connectivity index (χ2v) is 6.16. The van der Waals surface area contributed by atoms with Crippen LogP contribution < -0.4 is 10.2 Å². The number of hydrogen-bond acceptors (Lipinski definition) is 2. The highest BCUT2D eigenvalue weighted by Crippen LogP contribution is 2.26. The first-order chi connectivity index (χ1) is 11.7. The van der Waals surface area contributed by atoms with Crippen LogP contribution >= 0.6 is 0 Å². The van der Waals surface area contributed by atoms with Crippen LogP contribution in [-0.2, 0) is 17.6 Å². The molecule has 1 aliphatic rings. The number of hydrogen-bond donors (Lipinski definition) is 1. The van der Waals surface area contributed by atoms with Crippen LogP contribution in [0.5, 0.6) is 0 Å². The van der Waals surface area contributed by atoms with Crippen LogP contribution in [0.2, 0.25) is 0 Å². The maximum atomic E-state index is 13.5. The van der Waals surface area contributed by atoms with Gasteiger partial charge in [-0.3, -0.25) is 4.79 Å². The van der Waals surface area contributed by atoms with Crippen LogP contribution in [0, 0.1) is 5.82 Å². The molecule has 0 spiro atoms. The van der Waals surface area contributed by atoms with E-state index >= 15 is 0 Å².